The number of hydrogen-bond acceptors (Lipinski definition) is 4. The van der Waals surface area contributed by atoms with E-state index in [1.807, 2.05) is 0 Å². The third-order valence-electron chi connectivity index (χ3n) is 5.35. The molecule has 2 aliphatic rings. The van der Waals surface area contributed by atoms with Crippen LogP contribution in [-0.2, 0) is 9.59 Å². The predicted octanol–water partition coefficient (Wildman–Crippen LogP) is 1.51. The molecule has 0 aromatic heterocycles. The van der Waals surface area contributed by atoms with Crippen molar-refractivity contribution < 1.29 is 9.59 Å². The van der Waals surface area contributed by atoms with Crippen LogP contribution in [0.2, 0.25) is 0 Å². The van der Waals surface area contributed by atoms with E-state index in [1.165, 1.54) is 32.1 Å². The van der Waals surface area contributed by atoms with E-state index in [4.69, 9.17) is 5.73 Å². The highest BCUT2D eigenvalue weighted by atomic mass is 16.2. The molecular weight excluding hydrogens is 304 g/mol. The van der Waals surface area contributed by atoms with Crippen LogP contribution in [0.1, 0.15) is 57.8 Å². The summed E-state index contributed by atoms with van der Waals surface area (Å²) in [7, 11) is 0. The highest BCUT2D eigenvalue weighted by Crippen LogP contribution is 2.30. The molecule has 2 fully saturated rings. The van der Waals surface area contributed by atoms with Gasteiger partial charge in [0.25, 0.3) is 0 Å². The highest BCUT2D eigenvalue weighted by molar-refractivity contribution is 5.86. The summed E-state index contributed by atoms with van der Waals surface area (Å²) in [5.74, 6) is 0.0131. The fourth-order valence-corrected chi connectivity index (χ4v) is 3.84. The number of piperidine rings is 1. The Morgan fingerprint density at radius 3 is 2.50 bits per heavy atom. The molecule has 24 heavy (non-hydrogen) atoms. The van der Waals surface area contributed by atoms with Crippen LogP contribution in [0, 0.1) is 23.7 Å². The lowest BCUT2D eigenvalue weighted by molar-refractivity contribution is -0.133. The van der Waals surface area contributed by atoms with E-state index in [2.05, 4.69) is 11.4 Å². The number of nitrogens with two attached hydrogens (primary N) is 1. The Labute approximate surface area is 144 Å². The molecule has 1 aliphatic carbocycles. The maximum atomic E-state index is 12.8. The number of amides is 2. The lowest BCUT2D eigenvalue weighted by atomic mass is 9.84. The number of nitrogens with zero attached hydrogens (tertiary/aromatic N) is 2. The Bertz CT molecular complexity index is 474. The van der Waals surface area contributed by atoms with Crippen molar-refractivity contribution in [2.75, 3.05) is 19.6 Å². The largest absolute Gasteiger partial charge is 0.370 e. The van der Waals surface area contributed by atoms with Crippen LogP contribution < -0.4 is 11.1 Å². The zero-order chi connectivity index (χ0) is 17.4. The average molecular weight is 333 g/mol. The van der Waals surface area contributed by atoms with Gasteiger partial charge in [-0.25, -0.2) is 0 Å². The lowest BCUT2D eigenvalue weighted by Gasteiger charge is -2.41. The molecule has 1 aliphatic heterocycles. The first-order chi connectivity index (χ1) is 11.6. The van der Waals surface area contributed by atoms with Gasteiger partial charge in [0, 0.05) is 13.0 Å². The van der Waals surface area contributed by atoms with E-state index in [-0.39, 0.29) is 18.9 Å². The molecule has 0 spiro atoms. The second-order valence-corrected chi connectivity index (χ2v) is 7.04. The van der Waals surface area contributed by atoms with Crippen LogP contribution in [0.3, 0.4) is 0 Å². The number of hydrogen-bond donors (Lipinski definition) is 2. The monoisotopic (exact) mass is 333 g/mol. The molecule has 1 radical (unpaired) electrons. The fraction of sp³-hybridized carbons (Fsp3) is 0.778. The zero-order valence-corrected chi connectivity index (χ0v) is 14.4. The van der Waals surface area contributed by atoms with Crippen LogP contribution >= 0.6 is 0 Å². The lowest BCUT2D eigenvalue weighted by Crippen LogP contribution is -2.56. The number of rotatable bonds is 7. The van der Waals surface area contributed by atoms with E-state index in [1.54, 1.807) is 11.3 Å². The van der Waals surface area contributed by atoms with E-state index in [9.17, 15) is 14.9 Å². The van der Waals surface area contributed by atoms with Gasteiger partial charge in [-0.3, -0.25) is 9.59 Å². The molecule has 0 atom stereocenters. The molecule has 6 heteroatoms. The van der Waals surface area contributed by atoms with Crippen LogP contribution in [-0.4, -0.2) is 41.9 Å². The summed E-state index contributed by atoms with van der Waals surface area (Å²) >= 11 is 0. The molecule has 0 aromatic carbocycles. The number of carbonyl (C=O) groups is 2. The summed E-state index contributed by atoms with van der Waals surface area (Å²) in [5.41, 5.74) is 4.44. The maximum absolute atomic E-state index is 12.8. The van der Waals surface area contributed by atoms with Gasteiger partial charge in [-0.1, -0.05) is 32.1 Å². The topological polar surface area (TPSA) is 99.2 Å². The molecular formula is C18H29N4O2. The maximum Gasteiger partial charge on any atom is 0.227 e. The zero-order valence-electron chi connectivity index (χ0n) is 14.4. The minimum Gasteiger partial charge on any atom is -0.370 e. The van der Waals surface area contributed by atoms with Gasteiger partial charge in [0.1, 0.15) is 5.54 Å². The van der Waals surface area contributed by atoms with Gasteiger partial charge in [-0.15, -0.1) is 0 Å². The van der Waals surface area contributed by atoms with Crippen LogP contribution in [0.5, 0.6) is 0 Å². The Morgan fingerprint density at radius 2 is 1.92 bits per heavy atom. The first kappa shape index (κ1) is 18.7. The Balaban J connectivity index is 2.01. The van der Waals surface area contributed by atoms with E-state index >= 15 is 0 Å². The van der Waals surface area contributed by atoms with E-state index < -0.39 is 11.4 Å². The van der Waals surface area contributed by atoms with Gasteiger partial charge in [0.05, 0.1) is 12.5 Å². The minimum atomic E-state index is -0.819. The normalized spacial score (nSPS) is 21.0. The third-order valence-corrected chi connectivity index (χ3v) is 5.35. The minimum absolute atomic E-state index is 0.0971. The molecule has 0 unspecified atom stereocenters. The molecule has 1 saturated carbocycles. The van der Waals surface area contributed by atoms with Crippen LogP contribution in [0.15, 0.2) is 0 Å². The highest BCUT2D eigenvalue weighted by Gasteiger charge is 2.41. The summed E-state index contributed by atoms with van der Waals surface area (Å²) in [6.45, 7) is 1.63. The van der Waals surface area contributed by atoms with Crippen molar-refractivity contribution in [2.24, 2.45) is 11.7 Å². The summed E-state index contributed by atoms with van der Waals surface area (Å²) < 4.78 is 0. The second kappa shape index (κ2) is 9.03. The molecule has 2 rings (SSSR count). The van der Waals surface area contributed by atoms with Gasteiger partial charge in [-0.2, -0.15) is 5.26 Å². The molecule has 0 aromatic rings. The molecule has 1 heterocycles. The molecule has 6 nitrogen and oxygen atoms in total. The predicted molar refractivity (Wildman–Crippen MR) is 91.5 cm³/mol. The Morgan fingerprint density at radius 1 is 1.25 bits per heavy atom. The molecule has 3 N–H and O–H groups in total. The third kappa shape index (κ3) is 4.94. The first-order valence-corrected chi connectivity index (χ1v) is 9.12. The summed E-state index contributed by atoms with van der Waals surface area (Å²) in [4.78, 5) is 25.6. The first-order valence-electron chi connectivity index (χ1n) is 9.12. The van der Waals surface area contributed by atoms with Crippen molar-refractivity contribution in [2.45, 2.75) is 63.3 Å². The summed E-state index contributed by atoms with van der Waals surface area (Å²) in [6, 6.07) is 2.35. The molecule has 1 saturated heterocycles. The van der Waals surface area contributed by atoms with Crippen molar-refractivity contribution >= 4 is 11.8 Å². The van der Waals surface area contributed by atoms with Crippen molar-refractivity contribution in [1.82, 2.24) is 10.2 Å². The number of carbonyl (C=O) groups excluding carboxylic acids is 2. The number of nitrogens with one attached hydrogen (secondary N) is 1. The second-order valence-electron chi connectivity index (χ2n) is 7.04. The smallest absolute Gasteiger partial charge is 0.227 e. The molecule has 133 valence electrons. The van der Waals surface area contributed by atoms with Gasteiger partial charge in [0.2, 0.25) is 11.8 Å². The van der Waals surface area contributed by atoms with Crippen molar-refractivity contribution in [3.63, 3.8) is 0 Å². The fourth-order valence-electron chi connectivity index (χ4n) is 3.84. The SMILES string of the molecule is N#CC1(N(CCC(N)=O)C(=O)[CH]CC2CCCCC2)CCNCC1. The Hall–Kier alpha value is -1.61. The summed E-state index contributed by atoms with van der Waals surface area (Å²) in [6.07, 6.45) is 9.91. The Kier molecular flexibility index (Phi) is 7.04. The van der Waals surface area contributed by atoms with E-state index in [0.717, 1.165) is 6.42 Å². The van der Waals surface area contributed by atoms with Crippen molar-refractivity contribution in [3.05, 3.63) is 6.42 Å². The van der Waals surface area contributed by atoms with Gasteiger partial charge < -0.3 is 16.0 Å². The summed E-state index contributed by atoms with van der Waals surface area (Å²) in [5, 5.41) is 13.0. The van der Waals surface area contributed by atoms with Gasteiger partial charge in [-0.05, 0) is 38.3 Å². The average Bonchev–Trinajstić information content (AvgIpc) is 2.61. The van der Waals surface area contributed by atoms with Gasteiger partial charge >= 0.3 is 0 Å². The van der Waals surface area contributed by atoms with Gasteiger partial charge in [0.15, 0.2) is 0 Å². The van der Waals surface area contributed by atoms with Crippen molar-refractivity contribution in [1.29, 1.82) is 5.26 Å². The van der Waals surface area contributed by atoms with Crippen molar-refractivity contribution in [3.8, 4) is 6.07 Å². The quantitative estimate of drug-likeness (QED) is 0.737. The van der Waals surface area contributed by atoms with Crippen LogP contribution in [0.25, 0.3) is 0 Å². The number of nitriles is 1. The number of primary amides is 1. The standard InChI is InChI=1S/C18H29N4O2/c19-14-18(9-11-21-12-10-18)22(13-8-16(20)23)17(24)7-6-15-4-2-1-3-5-15/h7,15,21H,1-6,8-13H2,(H2,20,23). The molecule has 2 amide bonds. The van der Waals surface area contributed by atoms with E-state index in [0.29, 0.717) is 31.8 Å². The molecule has 0 bridgehead atoms. The van der Waals surface area contributed by atoms with Crippen LogP contribution in [0.4, 0.5) is 0 Å².